The molecule has 0 aliphatic rings. The number of nitrogens with one attached hydrogen (secondary N) is 1. The molecular weight excluding hydrogens is 258 g/mol. The van der Waals surface area contributed by atoms with Crippen molar-refractivity contribution in [1.29, 1.82) is 0 Å². The van der Waals surface area contributed by atoms with E-state index in [1.54, 1.807) is 12.4 Å². The molecule has 0 radical (unpaired) electrons. The monoisotopic (exact) mass is 277 g/mol. The van der Waals surface area contributed by atoms with Gasteiger partial charge in [-0.05, 0) is 13.8 Å². The summed E-state index contributed by atoms with van der Waals surface area (Å²) in [5, 5.41) is 11.1. The molecule has 2 aromatic heterocycles. The molecule has 20 heavy (non-hydrogen) atoms. The number of nitrogens with zero attached hydrogens (tertiary/aromatic N) is 5. The summed E-state index contributed by atoms with van der Waals surface area (Å²) in [5.41, 5.74) is 5.76. The zero-order chi connectivity index (χ0) is 14.4. The molecule has 0 aliphatic heterocycles. The average molecular weight is 277 g/mol. The van der Waals surface area contributed by atoms with E-state index in [4.69, 9.17) is 10.5 Å². The van der Waals surface area contributed by atoms with Gasteiger partial charge in [0.2, 0.25) is 0 Å². The number of hydrogen-bond donors (Lipinski definition) is 2. The normalized spacial score (nSPS) is 10.7. The van der Waals surface area contributed by atoms with Crippen LogP contribution in [0.15, 0.2) is 12.4 Å². The Hall–Kier alpha value is -2.22. The van der Waals surface area contributed by atoms with Gasteiger partial charge in [-0.2, -0.15) is 0 Å². The number of nitrogen functional groups attached to an aromatic ring is 1. The summed E-state index contributed by atoms with van der Waals surface area (Å²) in [4.78, 5) is 8.46. The molecule has 0 unspecified atom stereocenters. The Bertz CT molecular complexity index is 554. The second-order valence-electron chi connectivity index (χ2n) is 4.12. The molecule has 0 spiro atoms. The van der Waals surface area contributed by atoms with E-state index in [0.29, 0.717) is 37.2 Å². The smallest absolute Gasteiger partial charge is 0.158 e. The van der Waals surface area contributed by atoms with Gasteiger partial charge in [-0.1, -0.05) is 0 Å². The fraction of sp³-hybridized carbons (Fsp3) is 0.500. The topological polar surface area (TPSA) is 104 Å². The lowest BCUT2D eigenvalue weighted by molar-refractivity contribution is 0.128. The van der Waals surface area contributed by atoms with E-state index in [9.17, 15) is 0 Å². The standard InChI is InChI=1S/C12H19N7O/c1-3-19-8-15-18-12(19)6-14-10-5-9(13)16-11(17-10)7-20-4-2/h5,8H,3-4,6-7H2,1-2H3,(H3,13,14,16,17). The van der Waals surface area contributed by atoms with E-state index in [1.165, 1.54) is 0 Å². The first-order valence-corrected chi connectivity index (χ1v) is 6.54. The van der Waals surface area contributed by atoms with E-state index in [0.717, 1.165) is 12.4 Å². The van der Waals surface area contributed by atoms with Crippen molar-refractivity contribution in [2.75, 3.05) is 17.7 Å². The molecule has 0 bridgehead atoms. The van der Waals surface area contributed by atoms with Crippen LogP contribution in [0.3, 0.4) is 0 Å². The van der Waals surface area contributed by atoms with Crippen molar-refractivity contribution in [3.05, 3.63) is 24.0 Å². The summed E-state index contributed by atoms with van der Waals surface area (Å²) >= 11 is 0. The molecule has 0 aliphatic carbocycles. The molecule has 0 saturated carbocycles. The molecule has 2 heterocycles. The molecule has 0 amide bonds. The second-order valence-corrected chi connectivity index (χ2v) is 4.12. The maximum absolute atomic E-state index is 5.76. The zero-order valence-electron chi connectivity index (χ0n) is 11.7. The summed E-state index contributed by atoms with van der Waals surface area (Å²) < 4.78 is 7.24. The van der Waals surface area contributed by atoms with Crippen LogP contribution in [0.2, 0.25) is 0 Å². The van der Waals surface area contributed by atoms with Crippen molar-refractivity contribution in [3.8, 4) is 0 Å². The van der Waals surface area contributed by atoms with Gasteiger partial charge in [-0.3, -0.25) is 0 Å². The Morgan fingerprint density at radius 3 is 2.95 bits per heavy atom. The van der Waals surface area contributed by atoms with Gasteiger partial charge in [0.15, 0.2) is 11.6 Å². The summed E-state index contributed by atoms with van der Waals surface area (Å²) in [5.74, 6) is 2.47. The highest BCUT2D eigenvalue weighted by atomic mass is 16.5. The van der Waals surface area contributed by atoms with Gasteiger partial charge in [-0.25, -0.2) is 9.97 Å². The highest BCUT2D eigenvalue weighted by Crippen LogP contribution is 2.10. The van der Waals surface area contributed by atoms with Crippen LogP contribution in [-0.2, 0) is 24.4 Å². The summed E-state index contributed by atoms with van der Waals surface area (Å²) in [6, 6.07) is 1.68. The minimum Gasteiger partial charge on any atom is -0.384 e. The van der Waals surface area contributed by atoms with Crippen LogP contribution >= 0.6 is 0 Å². The molecular formula is C12H19N7O. The van der Waals surface area contributed by atoms with Gasteiger partial charge in [-0.15, -0.1) is 10.2 Å². The SMILES string of the molecule is CCOCc1nc(N)cc(NCc2nncn2CC)n1. The maximum atomic E-state index is 5.76. The van der Waals surface area contributed by atoms with Crippen molar-refractivity contribution >= 4 is 11.6 Å². The summed E-state index contributed by atoms with van der Waals surface area (Å²) in [7, 11) is 0. The van der Waals surface area contributed by atoms with Gasteiger partial charge in [0, 0.05) is 19.2 Å². The largest absolute Gasteiger partial charge is 0.384 e. The van der Waals surface area contributed by atoms with Crippen LogP contribution in [0.25, 0.3) is 0 Å². The van der Waals surface area contributed by atoms with Crippen LogP contribution < -0.4 is 11.1 Å². The predicted octanol–water partition coefficient (Wildman–Crippen LogP) is 0.819. The van der Waals surface area contributed by atoms with Crippen LogP contribution in [-0.4, -0.2) is 31.3 Å². The lowest BCUT2D eigenvalue weighted by Crippen LogP contribution is -2.11. The Kier molecular flexibility index (Phi) is 4.83. The Morgan fingerprint density at radius 1 is 1.35 bits per heavy atom. The van der Waals surface area contributed by atoms with Crippen molar-refractivity contribution < 1.29 is 4.74 Å². The first-order valence-electron chi connectivity index (χ1n) is 6.54. The Labute approximate surface area is 117 Å². The second kappa shape index (κ2) is 6.80. The molecule has 2 rings (SSSR count). The Balaban J connectivity index is 2.03. The molecule has 3 N–H and O–H groups in total. The highest BCUT2D eigenvalue weighted by molar-refractivity contribution is 5.44. The predicted molar refractivity (Wildman–Crippen MR) is 74.8 cm³/mol. The first kappa shape index (κ1) is 14.2. The van der Waals surface area contributed by atoms with Crippen LogP contribution in [0.5, 0.6) is 0 Å². The average Bonchev–Trinajstić information content (AvgIpc) is 2.90. The Morgan fingerprint density at radius 2 is 2.20 bits per heavy atom. The molecule has 2 aromatic rings. The molecule has 0 atom stereocenters. The van der Waals surface area contributed by atoms with E-state index in [1.807, 2.05) is 18.4 Å². The number of nitrogens with two attached hydrogens (primary N) is 1. The number of aryl methyl sites for hydroxylation is 1. The van der Waals surface area contributed by atoms with Crippen molar-refractivity contribution in [3.63, 3.8) is 0 Å². The third-order valence-electron chi connectivity index (χ3n) is 2.69. The van der Waals surface area contributed by atoms with Crippen LogP contribution in [0.1, 0.15) is 25.5 Å². The fourth-order valence-electron chi connectivity index (χ4n) is 1.72. The van der Waals surface area contributed by atoms with E-state index < -0.39 is 0 Å². The first-order chi connectivity index (χ1) is 9.72. The third-order valence-corrected chi connectivity index (χ3v) is 2.69. The van der Waals surface area contributed by atoms with E-state index in [2.05, 4.69) is 25.5 Å². The molecule has 0 fully saturated rings. The van der Waals surface area contributed by atoms with Gasteiger partial charge in [0.25, 0.3) is 0 Å². The lowest BCUT2D eigenvalue weighted by Gasteiger charge is -2.08. The number of ether oxygens (including phenoxy) is 1. The van der Waals surface area contributed by atoms with Crippen LogP contribution in [0.4, 0.5) is 11.6 Å². The molecule has 0 saturated heterocycles. The molecule has 0 aromatic carbocycles. The van der Waals surface area contributed by atoms with Gasteiger partial charge in [0.05, 0.1) is 6.54 Å². The van der Waals surface area contributed by atoms with Crippen molar-refractivity contribution in [1.82, 2.24) is 24.7 Å². The molecule has 8 heteroatoms. The quantitative estimate of drug-likeness (QED) is 0.772. The van der Waals surface area contributed by atoms with Gasteiger partial charge >= 0.3 is 0 Å². The number of hydrogen-bond acceptors (Lipinski definition) is 7. The van der Waals surface area contributed by atoms with Crippen molar-refractivity contribution in [2.45, 2.75) is 33.5 Å². The van der Waals surface area contributed by atoms with Gasteiger partial charge < -0.3 is 20.4 Å². The molecule has 108 valence electrons. The van der Waals surface area contributed by atoms with Crippen LogP contribution in [0, 0.1) is 0 Å². The lowest BCUT2D eigenvalue weighted by atomic mass is 10.4. The van der Waals surface area contributed by atoms with Crippen molar-refractivity contribution in [2.24, 2.45) is 0 Å². The minimum atomic E-state index is 0.349. The number of rotatable bonds is 7. The van der Waals surface area contributed by atoms with E-state index >= 15 is 0 Å². The fourth-order valence-corrected chi connectivity index (χ4v) is 1.72. The molecule has 8 nitrogen and oxygen atoms in total. The summed E-state index contributed by atoms with van der Waals surface area (Å²) in [6.45, 7) is 6.27. The zero-order valence-corrected chi connectivity index (χ0v) is 11.7. The number of aromatic nitrogens is 5. The third kappa shape index (κ3) is 3.64. The maximum Gasteiger partial charge on any atom is 0.158 e. The summed E-state index contributed by atoms with van der Waals surface area (Å²) in [6.07, 6.45) is 1.70. The minimum absolute atomic E-state index is 0.349. The van der Waals surface area contributed by atoms with E-state index in [-0.39, 0.29) is 0 Å². The van der Waals surface area contributed by atoms with Gasteiger partial charge in [0.1, 0.15) is 24.6 Å². The number of anilines is 2. The highest BCUT2D eigenvalue weighted by Gasteiger charge is 2.06.